The highest BCUT2D eigenvalue weighted by Gasteiger charge is 2.21. The third-order valence-corrected chi connectivity index (χ3v) is 3.56. The van der Waals surface area contributed by atoms with Gasteiger partial charge in [0.05, 0.1) is 0 Å². The van der Waals surface area contributed by atoms with Crippen LogP contribution in [0.25, 0.3) is 0 Å². The van der Waals surface area contributed by atoms with Gasteiger partial charge in [-0.3, -0.25) is 4.57 Å². The van der Waals surface area contributed by atoms with Crippen molar-refractivity contribution in [2.45, 2.75) is 18.9 Å². The maximum atomic E-state index is 11.5. The lowest BCUT2D eigenvalue weighted by Gasteiger charge is -2.33. The summed E-state index contributed by atoms with van der Waals surface area (Å²) in [6, 6.07) is 10.7. The van der Waals surface area contributed by atoms with Crippen molar-refractivity contribution in [3.8, 4) is 0 Å². The Morgan fingerprint density at radius 3 is 2.50 bits per heavy atom. The number of rotatable bonds is 2. The minimum Gasteiger partial charge on any atom is -0.371 e. The van der Waals surface area contributed by atoms with Crippen LogP contribution in [-0.2, 0) is 0 Å². The van der Waals surface area contributed by atoms with Crippen LogP contribution >= 0.6 is 0 Å². The van der Waals surface area contributed by atoms with E-state index < -0.39 is 0 Å². The molecule has 2 heterocycles. The molecule has 0 unspecified atom stereocenters. The van der Waals surface area contributed by atoms with Crippen LogP contribution in [0.2, 0.25) is 0 Å². The lowest BCUT2D eigenvalue weighted by molar-refractivity contribution is 0.388. The number of aromatic nitrogens is 3. The van der Waals surface area contributed by atoms with E-state index in [-0.39, 0.29) is 11.7 Å². The number of para-hydroxylation sites is 1. The molecular weight excluding hydrogens is 228 g/mol. The van der Waals surface area contributed by atoms with Gasteiger partial charge in [0.2, 0.25) is 0 Å². The Kier molecular flexibility index (Phi) is 2.88. The average Bonchev–Trinajstić information content (AvgIpc) is 2.86. The number of hydrogen-bond donors (Lipinski definition) is 1. The molecule has 0 bridgehead atoms. The lowest BCUT2D eigenvalue weighted by Crippen LogP contribution is -2.36. The number of benzene rings is 1. The Labute approximate surface area is 105 Å². The summed E-state index contributed by atoms with van der Waals surface area (Å²) in [4.78, 5) is 13.9. The molecule has 1 saturated heterocycles. The van der Waals surface area contributed by atoms with Crippen LogP contribution in [-0.4, -0.2) is 27.9 Å². The van der Waals surface area contributed by atoms with E-state index in [4.69, 9.17) is 0 Å². The van der Waals surface area contributed by atoms with Crippen molar-refractivity contribution >= 4 is 5.69 Å². The molecule has 2 aromatic rings. The third kappa shape index (κ3) is 2.03. The zero-order valence-corrected chi connectivity index (χ0v) is 10.1. The summed E-state index contributed by atoms with van der Waals surface area (Å²) >= 11 is 0. The second-order valence-corrected chi connectivity index (χ2v) is 4.62. The lowest BCUT2D eigenvalue weighted by atomic mass is 10.0. The van der Waals surface area contributed by atoms with Gasteiger partial charge in [-0.25, -0.2) is 9.89 Å². The van der Waals surface area contributed by atoms with E-state index >= 15 is 0 Å². The first-order chi connectivity index (χ1) is 8.84. The minimum atomic E-state index is -0.104. The van der Waals surface area contributed by atoms with Gasteiger partial charge in [0, 0.05) is 24.8 Å². The summed E-state index contributed by atoms with van der Waals surface area (Å²) in [7, 11) is 0. The normalized spacial score (nSPS) is 17.0. The van der Waals surface area contributed by atoms with Crippen molar-refractivity contribution in [1.29, 1.82) is 0 Å². The molecule has 0 aliphatic carbocycles. The van der Waals surface area contributed by atoms with E-state index in [1.807, 2.05) is 6.07 Å². The van der Waals surface area contributed by atoms with Gasteiger partial charge in [0.15, 0.2) is 0 Å². The number of piperidine rings is 1. The SMILES string of the molecule is O=c1[nH]ncn1C1CCN(c2ccccc2)CC1. The first-order valence-electron chi connectivity index (χ1n) is 6.26. The van der Waals surface area contributed by atoms with E-state index in [1.54, 1.807) is 10.9 Å². The van der Waals surface area contributed by atoms with Gasteiger partial charge in [-0.05, 0) is 25.0 Å². The number of nitrogens with one attached hydrogen (secondary N) is 1. The van der Waals surface area contributed by atoms with Crippen LogP contribution in [0.3, 0.4) is 0 Å². The van der Waals surface area contributed by atoms with Crippen LogP contribution in [0.5, 0.6) is 0 Å². The van der Waals surface area contributed by atoms with E-state index in [1.165, 1.54) is 5.69 Å². The highest BCUT2D eigenvalue weighted by molar-refractivity contribution is 5.46. The second-order valence-electron chi connectivity index (χ2n) is 4.62. The summed E-state index contributed by atoms with van der Waals surface area (Å²) in [5.74, 6) is 0. The monoisotopic (exact) mass is 244 g/mol. The Morgan fingerprint density at radius 1 is 1.17 bits per heavy atom. The largest absolute Gasteiger partial charge is 0.371 e. The number of hydrogen-bond acceptors (Lipinski definition) is 3. The molecule has 3 rings (SSSR count). The fourth-order valence-corrected chi connectivity index (χ4v) is 2.56. The van der Waals surface area contributed by atoms with Gasteiger partial charge >= 0.3 is 5.69 Å². The molecular formula is C13H16N4O. The molecule has 0 saturated carbocycles. The van der Waals surface area contributed by atoms with Crippen molar-refractivity contribution in [2.75, 3.05) is 18.0 Å². The molecule has 0 spiro atoms. The quantitative estimate of drug-likeness (QED) is 0.869. The van der Waals surface area contributed by atoms with E-state index in [0.717, 1.165) is 25.9 Å². The smallest absolute Gasteiger partial charge is 0.343 e. The molecule has 1 aromatic carbocycles. The summed E-state index contributed by atoms with van der Waals surface area (Å²) in [6.07, 6.45) is 3.56. The molecule has 1 fully saturated rings. The van der Waals surface area contributed by atoms with Gasteiger partial charge in [0.1, 0.15) is 6.33 Å². The van der Waals surface area contributed by atoms with Gasteiger partial charge in [0.25, 0.3) is 0 Å². The summed E-state index contributed by atoms with van der Waals surface area (Å²) < 4.78 is 1.71. The maximum Gasteiger partial charge on any atom is 0.343 e. The Balaban J connectivity index is 1.69. The zero-order chi connectivity index (χ0) is 12.4. The molecule has 0 amide bonds. The topological polar surface area (TPSA) is 53.9 Å². The Morgan fingerprint density at radius 2 is 1.89 bits per heavy atom. The average molecular weight is 244 g/mol. The fraction of sp³-hybridized carbons (Fsp3) is 0.385. The van der Waals surface area contributed by atoms with E-state index in [2.05, 4.69) is 39.4 Å². The zero-order valence-electron chi connectivity index (χ0n) is 10.1. The molecule has 1 aromatic heterocycles. The molecule has 5 heteroatoms. The molecule has 18 heavy (non-hydrogen) atoms. The molecule has 5 nitrogen and oxygen atoms in total. The van der Waals surface area contributed by atoms with Crippen LogP contribution in [0.15, 0.2) is 41.5 Å². The Bertz CT molecular complexity index is 552. The second kappa shape index (κ2) is 4.68. The minimum absolute atomic E-state index is 0.104. The van der Waals surface area contributed by atoms with Crippen LogP contribution in [0, 0.1) is 0 Å². The number of aromatic amines is 1. The Hall–Kier alpha value is -2.04. The third-order valence-electron chi connectivity index (χ3n) is 3.56. The van der Waals surface area contributed by atoms with E-state index in [9.17, 15) is 4.79 Å². The highest BCUT2D eigenvalue weighted by atomic mass is 16.1. The van der Waals surface area contributed by atoms with Gasteiger partial charge in [-0.15, -0.1) is 0 Å². The van der Waals surface area contributed by atoms with Crippen LogP contribution < -0.4 is 10.6 Å². The first kappa shape index (κ1) is 11.1. The number of anilines is 1. The summed E-state index contributed by atoms with van der Waals surface area (Å²) in [6.45, 7) is 1.96. The molecule has 94 valence electrons. The van der Waals surface area contributed by atoms with Crippen LogP contribution in [0.4, 0.5) is 5.69 Å². The predicted molar refractivity (Wildman–Crippen MR) is 69.8 cm³/mol. The van der Waals surface area contributed by atoms with Crippen molar-refractivity contribution in [3.63, 3.8) is 0 Å². The summed E-state index contributed by atoms with van der Waals surface area (Å²) in [5, 5.41) is 6.24. The highest BCUT2D eigenvalue weighted by Crippen LogP contribution is 2.24. The van der Waals surface area contributed by atoms with Crippen molar-refractivity contribution < 1.29 is 0 Å². The molecule has 1 aliphatic rings. The van der Waals surface area contributed by atoms with Crippen molar-refractivity contribution in [1.82, 2.24) is 14.8 Å². The van der Waals surface area contributed by atoms with E-state index in [0.29, 0.717) is 0 Å². The van der Waals surface area contributed by atoms with Gasteiger partial charge in [-0.1, -0.05) is 18.2 Å². The molecule has 0 radical (unpaired) electrons. The van der Waals surface area contributed by atoms with Crippen molar-refractivity contribution in [3.05, 3.63) is 47.1 Å². The molecule has 1 N–H and O–H groups in total. The predicted octanol–water partition coefficient (Wildman–Crippen LogP) is 1.41. The maximum absolute atomic E-state index is 11.5. The van der Waals surface area contributed by atoms with Crippen LogP contribution in [0.1, 0.15) is 18.9 Å². The van der Waals surface area contributed by atoms with Gasteiger partial charge < -0.3 is 4.90 Å². The number of nitrogens with zero attached hydrogens (tertiary/aromatic N) is 3. The number of H-pyrrole nitrogens is 1. The van der Waals surface area contributed by atoms with Gasteiger partial charge in [-0.2, -0.15) is 5.10 Å². The first-order valence-corrected chi connectivity index (χ1v) is 6.26. The standard InChI is InChI=1S/C13H16N4O/c18-13-15-14-10-17(13)12-6-8-16(9-7-12)11-4-2-1-3-5-11/h1-5,10,12H,6-9H2,(H,15,18). The molecule has 0 atom stereocenters. The van der Waals surface area contributed by atoms with Crippen molar-refractivity contribution in [2.24, 2.45) is 0 Å². The fourth-order valence-electron chi connectivity index (χ4n) is 2.56. The summed E-state index contributed by atoms with van der Waals surface area (Å²) in [5.41, 5.74) is 1.16. The molecule has 1 aliphatic heterocycles.